The summed E-state index contributed by atoms with van der Waals surface area (Å²) < 4.78 is 4.02. The lowest BCUT2D eigenvalue weighted by Gasteiger charge is -2.14. The van der Waals surface area contributed by atoms with Crippen molar-refractivity contribution in [2.24, 2.45) is 5.84 Å². The van der Waals surface area contributed by atoms with Crippen LogP contribution in [0.4, 0.5) is 4.79 Å². The minimum atomic E-state index is -0.807. The van der Waals surface area contributed by atoms with E-state index in [1.54, 1.807) is 0 Å². The van der Waals surface area contributed by atoms with E-state index in [0.717, 1.165) is 0 Å². The Hall–Kier alpha value is -0.600. The smallest absolute Gasteiger partial charge is 0.378 e. The minimum absolute atomic E-state index is 0.356. The molecule has 1 unspecified atom stereocenters. The summed E-state index contributed by atoms with van der Waals surface area (Å²) >= 11 is 7.17. The minimum Gasteiger partial charge on any atom is -0.378 e. The number of amides is 2. The second-order valence-electron chi connectivity index (χ2n) is 2.10. The molecule has 0 aromatic rings. The first-order valence-corrected chi connectivity index (χ1v) is 4.38. The Balaban J connectivity index is 4.08. The summed E-state index contributed by atoms with van der Waals surface area (Å²) in [6.45, 7) is 0. The van der Waals surface area contributed by atoms with Crippen molar-refractivity contribution < 1.29 is 13.8 Å². The second kappa shape index (κ2) is 6.87. The van der Waals surface area contributed by atoms with Gasteiger partial charge in [-0.3, -0.25) is 10.2 Å². The maximum absolute atomic E-state index is 11.0. The molecule has 2 amide bonds. The normalized spacial score (nSPS) is 11.6. The van der Waals surface area contributed by atoms with Crippen LogP contribution in [-0.2, 0) is 8.98 Å². The van der Waals surface area contributed by atoms with Crippen LogP contribution in [0.15, 0.2) is 0 Å². The van der Waals surface area contributed by atoms with Crippen LogP contribution in [0.1, 0.15) is 6.42 Å². The average molecular weight is 225 g/mol. The van der Waals surface area contributed by atoms with E-state index < -0.39 is 18.0 Å². The van der Waals surface area contributed by atoms with Gasteiger partial charge in [-0.05, 0) is 12.2 Å². The lowest BCUT2D eigenvalue weighted by molar-refractivity contribution is -0.123. The maximum Gasteiger partial charge on any atom is 0.419 e. The van der Waals surface area contributed by atoms with Crippen LogP contribution >= 0.6 is 25.5 Å². The van der Waals surface area contributed by atoms with E-state index in [4.69, 9.17) is 5.84 Å². The molecule has 0 rings (SSSR count). The first kappa shape index (κ1) is 12.4. The fourth-order valence-electron chi connectivity index (χ4n) is 0.667. The molecule has 0 saturated heterocycles. The van der Waals surface area contributed by atoms with Crippen molar-refractivity contribution in [3.63, 3.8) is 0 Å². The van der Waals surface area contributed by atoms with Crippen molar-refractivity contribution >= 4 is 37.5 Å². The van der Waals surface area contributed by atoms with E-state index >= 15 is 0 Å². The molecule has 0 aliphatic carbocycles. The average Bonchev–Trinajstić information content (AvgIpc) is 2.15. The van der Waals surface area contributed by atoms with Gasteiger partial charge < -0.3 is 9.50 Å². The van der Waals surface area contributed by atoms with Gasteiger partial charge in [-0.2, -0.15) is 12.6 Å². The van der Waals surface area contributed by atoms with Crippen LogP contribution < -0.4 is 16.6 Å². The van der Waals surface area contributed by atoms with E-state index in [1.165, 1.54) is 0 Å². The summed E-state index contributed by atoms with van der Waals surface area (Å²) in [4.78, 5) is 21.6. The Bertz CT molecular complexity index is 190. The molecule has 0 bridgehead atoms. The summed E-state index contributed by atoms with van der Waals surface area (Å²) in [5.74, 6) is 4.81. The lowest BCUT2D eigenvalue weighted by atomic mass is 10.2. The SMILES string of the molecule is NNC(=O)C(CCS)NC(=O)OS. The van der Waals surface area contributed by atoms with Gasteiger partial charge in [-0.25, -0.2) is 10.6 Å². The number of hydrogen-bond acceptors (Lipinski definition) is 6. The molecular weight excluding hydrogens is 214 g/mol. The molecule has 8 heteroatoms. The molecule has 0 aliphatic rings. The summed E-state index contributed by atoms with van der Waals surface area (Å²) in [6, 6.07) is -0.748. The molecule has 0 spiro atoms. The van der Waals surface area contributed by atoms with E-state index in [0.29, 0.717) is 12.2 Å². The van der Waals surface area contributed by atoms with E-state index in [1.807, 2.05) is 5.43 Å². The van der Waals surface area contributed by atoms with Crippen molar-refractivity contribution in [3.05, 3.63) is 0 Å². The highest BCUT2D eigenvalue weighted by atomic mass is 32.1. The Morgan fingerprint density at radius 1 is 1.54 bits per heavy atom. The first-order valence-electron chi connectivity index (χ1n) is 3.39. The van der Waals surface area contributed by atoms with Gasteiger partial charge in [0.2, 0.25) is 0 Å². The molecule has 6 nitrogen and oxygen atoms in total. The van der Waals surface area contributed by atoms with Gasteiger partial charge in [0.05, 0.1) is 0 Å². The van der Waals surface area contributed by atoms with Crippen LogP contribution in [0.5, 0.6) is 0 Å². The standard InChI is InChI=1S/C5H11N3O3S2/c6-8-4(9)3(1-2-12)7-5(10)11-13/h3,12-13H,1-2,6H2,(H,7,10)(H,8,9). The zero-order valence-electron chi connectivity index (χ0n) is 6.69. The Morgan fingerprint density at radius 2 is 2.15 bits per heavy atom. The molecule has 4 N–H and O–H groups in total. The fraction of sp³-hybridized carbons (Fsp3) is 0.600. The highest BCUT2D eigenvalue weighted by Crippen LogP contribution is 1.95. The van der Waals surface area contributed by atoms with Crippen LogP contribution in [0.3, 0.4) is 0 Å². The van der Waals surface area contributed by atoms with Gasteiger partial charge in [0, 0.05) is 12.9 Å². The summed E-state index contributed by atoms with van der Waals surface area (Å²) in [5, 5.41) is 2.24. The maximum atomic E-state index is 11.0. The van der Waals surface area contributed by atoms with Gasteiger partial charge in [-0.1, -0.05) is 0 Å². The Kier molecular flexibility index (Phi) is 6.55. The van der Waals surface area contributed by atoms with Gasteiger partial charge in [0.25, 0.3) is 5.91 Å². The third-order valence-corrected chi connectivity index (χ3v) is 1.68. The predicted octanol–water partition coefficient (Wildman–Crippen LogP) is -0.764. The van der Waals surface area contributed by atoms with Crippen molar-refractivity contribution in [1.29, 1.82) is 0 Å². The second-order valence-corrected chi connectivity index (χ2v) is 2.73. The molecule has 1 atom stereocenters. The molecule has 0 heterocycles. The topological polar surface area (TPSA) is 93.5 Å². The van der Waals surface area contributed by atoms with Crippen LogP contribution in [0.2, 0.25) is 0 Å². The summed E-state index contributed by atoms with van der Waals surface area (Å²) in [6.07, 6.45) is -0.451. The molecule has 0 aromatic carbocycles. The van der Waals surface area contributed by atoms with Gasteiger partial charge in [0.15, 0.2) is 0 Å². The number of nitrogens with two attached hydrogens (primary N) is 1. The third-order valence-electron chi connectivity index (χ3n) is 1.25. The molecule has 0 aliphatic heterocycles. The number of thiol groups is 2. The number of nitrogens with one attached hydrogen (secondary N) is 2. The summed E-state index contributed by atoms with van der Waals surface area (Å²) in [7, 11) is 0. The molecule has 76 valence electrons. The summed E-state index contributed by atoms with van der Waals surface area (Å²) in [5.41, 5.74) is 1.91. The number of rotatable bonds is 4. The first-order chi connectivity index (χ1) is 6.15. The number of hydrogen-bond donors (Lipinski definition) is 5. The van der Waals surface area contributed by atoms with E-state index in [9.17, 15) is 9.59 Å². The Morgan fingerprint density at radius 3 is 2.54 bits per heavy atom. The van der Waals surface area contributed by atoms with E-state index in [-0.39, 0.29) is 0 Å². The van der Waals surface area contributed by atoms with Crippen LogP contribution in [0.25, 0.3) is 0 Å². The quantitative estimate of drug-likeness (QED) is 0.143. The van der Waals surface area contributed by atoms with Gasteiger partial charge in [0.1, 0.15) is 6.04 Å². The fourth-order valence-corrected chi connectivity index (χ4v) is 0.978. The Labute approximate surface area is 86.6 Å². The molecule has 13 heavy (non-hydrogen) atoms. The third kappa shape index (κ3) is 4.86. The highest BCUT2D eigenvalue weighted by Gasteiger charge is 2.19. The molecular formula is C5H11N3O3S2. The monoisotopic (exact) mass is 225 g/mol. The molecule has 0 radical (unpaired) electrons. The van der Waals surface area contributed by atoms with Crippen molar-refractivity contribution in [2.75, 3.05) is 5.75 Å². The molecule has 0 fully saturated rings. The van der Waals surface area contributed by atoms with Crippen molar-refractivity contribution in [1.82, 2.24) is 10.7 Å². The zero-order valence-corrected chi connectivity index (χ0v) is 8.48. The number of hydrazine groups is 1. The van der Waals surface area contributed by atoms with Crippen LogP contribution in [-0.4, -0.2) is 23.8 Å². The van der Waals surface area contributed by atoms with Gasteiger partial charge >= 0.3 is 6.09 Å². The predicted molar refractivity (Wildman–Crippen MR) is 53.2 cm³/mol. The van der Waals surface area contributed by atoms with Crippen molar-refractivity contribution in [2.45, 2.75) is 12.5 Å². The zero-order chi connectivity index (χ0) is 10.3. The molecule has 0 aromatic heterocycles. The number of carbonyl (C=O) groups is 2. The van der Waals surface area contributed by atoms with E-state index in [2.05, 4.69) is 35.0 Å². The number of carbonyl (C=O) groups excluding carboxylic acids is 2. The van der Waals surface area contributed by atoms with Gasteiger partial charge in [-0.15, -0.1) is 0 Å². The molecule has 0 saturated carbocycles. The highest BCUT2D eigenvalue weighted by molar-refractivity contribution is 7.80. The van der Waals surface area contributed by atoms with Crippen LogP contribution in [0, 0.1) is 0 Å². The largest absolute Gasteiger partial charge is 0.419 e. The lowest BCUT2D eigenvalue weighted by Crippen LogP contribution is -2.48. The van der Waals surface area contributed by atoms with Crippen molar-refractivity contribution in [3.8, 4) is 0 Å².